The monoisotopic (exact) mass is 261 g/mol. The van der Waals surface area contributed by atoms with Crippen molar-refractivity contribution in [1.29, 1.82) is 0 Å². The lowest BCUT2D eigenvalue weighted by atomic mass is 9.93. The minimum atomic E-state index is 0.112. The molecule has 0 spiro atoms. The molecule has 1 aromatic rings. The van der Waals surface area contributed by atoms with Crippen LogP contribution in [0.2, 0.25) is 0 Å². The van der Waals surface area contributed by atoms with Crippen molar-refractivity contribution in [1.82, 2.24) is 5.32 Å². The first-order valence-electron chi connectivity index (χ1n) is 7.42. The van der Waals surface area contributed by atoms with E-state index in [9.17, 15) is 4.79 Å². The van der Waals surface area contributed by atoms with Crippen molar-refractivity contribution in [3.05, 3.63) is 29.6 Å². The highest BCUT2D eigenvalue weighted by atomic mass is 16.1. The third-order valence-electron chi connectivity index (χ3n) is 3.71. The van der Waals surface area contributed by atoms with Crippen molar-refractivity contribution in [2.45, 2.75) is 52.5 Å². The fourth-order valence-corrected chi connectivity index (χ4v) is 2.54. The van der Waals surface area contributed by atoms with Crippen LogP contribution in [0.5, 0.6) is 0 Å². The number of carbonyl (C=O) groups excluding carboxylic acids is 1. The summed E-state index contributed by atoms with van der Waals surface area (Å²) in [4.78, 5) is 11.8. The summed E-state index contributed by atoms with van der Waals surface area (Å²) in [6.45, 7) is 5.56. The molecule has 0 radical (unpaired) electrons. The molecule has 104 valence electrons. The number of nitrogens with one attached hydrogen (secondary N) is 1. The lowest BCUT2D eigenvalue weighted by Crippen LogP contribution is -2.43. The van der Waals surface area contributed by atoms with Crippen LogP contribution < -0.4 is 9.88 Å². The van der Waals surface area contributed by atoms with Gasteiger partial charge in [0.2, 0.25) is 6.54 Å². The van der Waals surface area contributed by atoms with E-state index in [1.54, 1.807) is 0 Å². The van der Waals surface area contributed by atoms with Crippen LogP contribution in [0.4, 0.5) is 0 Å². The number of aryl methyl sites for hydroxylation is 2. The van der Waals surface area contributed by atoms with Gasteiger partial charge in [-0.15, -0.1) is 0 Å². The summed E-state index contributed by atoms with van der Waals surface area (Å²) in [7, 11) is 0. The molecular weight excluding hydrogens is 236 g/mol. The third kappa shape index (κ3) is 4.34. The normalized spacial score (nSPS) is 14.3. The molecule has 3 nitrogen and oxygen atoms in total. The van der Waals surface area contributed by atoms with Crippen LogP contribution in [-0.4, -0.2) is 12.5 Å². The SMILES string of the molecule is CC(C)CCNC(=O)C[n+]1ccc2c(c1)CCCC2. The second-order valence-corrected chi connectivity index (χ2v) is 5.91. The van der Waals surface area contributed by atoms with E-state index < -0.39 is 0 Å². The zero-order valence-corrected chi connectivity index (χ0v) is 12.1. The van der Waals surface area contributed by atoms with Crippen LogP contribution >= 0.6 is 0 Å². The molecule has 1 amide bonds. The lowest BCUT2D eigenvalue weighted by molar-refractivity contribution is -0.685. The van der Waals surface area contributed by atoms with E-state index in [2.05, 4.69) is 31.4 Å². The van der Waals surface area contributed by atoms with E-state index in [1.165, 1.54) is 30.4 Å². The minimum absolute atomic E-state index is 0.112. The smallest absolute Gasteiger partial charge is 0.285 e. The van der Waals surface area contributed by atoms with Gasteiger partial charge in [-0.25, -0.2) is 0 Å². The molecule has 2 rings (SSSR count). The molecule has 0 atom stereocenters. The van der Waals surface area contributed by atoms with Crippen molar-refractivity contribution in [3.63, 3.8) is 0 Å². The van der Waals surface area contributed by atoms with Crippen LogP contribution in [0.15, 0.2) is 18.5 Å². The molecule has 0 aromatic carbocycles. The van der Waals surface area contributed by atoms with Gasteiger partial charge in [0.1, 0.15) is 0 Å². The van der Waals surface area contributed by atoms with E-state index in [1.807, 2.05) is 10.8 Å². The predicted octanol–water partition coefficient (Wildman–Crippen LogP) is 2.02. The number of carbonyl (C=O) groups is 1. The number of aromatic nitrogens is 1. The zero-order valence-electron chi connectivity index (χ0n) is 12.1. The van der Waals surface area contributed by atoms with Gasteiger partial charge >= 0.3 is 0 Å². The molecule has 0 fully saturated rings. The Morgan fingerprint density at radius 1 is 1.32 bits per heavy atom. The van der Waals surface area contributed by atoms with Gasteiger partial charge in [-0.1, -0.05) is 13.8 Å². The number of hydrogen-bond donors (Lipinski definition) is 1. The summed E-state index contributed by atoms with van der Waals surface area (Å²) in [6.07, 6.45) is 10.1. The molecule has 1 aliphatic rings. The molecule has 1 heterocycles. The van der Waals surface area contributed by atoms with Gasteiger partial charge in [0.25, 0.3) is 5.91 Å². The van der Waals surface area contributed by atoms with Crippen molar-refractivity contribution in [2.24, 2.45) is 5.92 Å². The van der Waals surface area contributed by atoms with E-state index in [0.717, 1.165) is 19.4 Å². The molecule has 1 N–H and O–H groups in total. The quantitative estimate of drug-likeness (QED) is 0.808. The molecule has 0 bridgehead atoms. The van der Waals surface area contributed by atoms with Gasteiger partial charge in [0, 0.05) is 18.2 Å². The number of fused-ring (bicyclic) bond motifs is 1. The average Bonchev–Trinajstić information content (AvgIpc) is 2.38. The Morgan fingerprint density at radius 3 is 2.79 bits per heavy atom. The Hall–Kier alpha value is -1.38. The van der Waals surface area contributed by atoms with E-state index in [4.69, 9.17) is 0 Å². The number of nitrogens with zero attached hydrogens (tertiary/aromatic N) is 1. The summed E-state index contributed by atoms with van der Waals surface area (Å²) in [5.41, 5.74) is 2.88. The van der Waals surface area contributed by atoms with E-state index in [-0.39, 0.29) is 5.91 Å². The molecule has 3 heteroatoms. The summed E-state index contributed by atoms with van der Waals surface area (Å²) in [5, 5.41) is 2.98. The van der Waals surface area contributed by atoms with Crippen LogP contribution in [0.1, 0.15) is 44.2 Å². The first kappa shape index (κ1) is 14.0. The third-order valence-corrected chi connectivity index (χ3v) is 3.71. The maximum Gasteiger partial charge on any atom is 0.285 e. The second-order valence-electron chi connectivity index (χ2n) is 5.91. The standard InChI is InChI=1S/C16H24N2O/c1-13(2)7-9-17-16(19)12-18-10-8-14-5-3-4-6-15(14)11-18/h8,10-11,13H,3-7,9,12H2,1-2H3/p+1. The first-order valence-corrected chi connectivity index (χ1v) is 7.42. The van der Waals surface area contributed by atoms with Crippen molar-refractivity contribution in [2.75, 3.05) is 6.54 Å². The lowest BCUT2D eigenvalue weighted by Gasteiger charge is -2.13. The van der Waals surface area contributed by atoms with Crippen LogP contribution in [0.3, 0.4) is 0 Å². The van der Waals surface area contributed by atoms with Crippen LogP contribution in [0.25, 0.3) is 0 Å². The van der Waals surface area contributed by atoms with Gasteiger partial charge in [0.15, 0.2) is 12.4 Å². The fraction of sp³-hybridized carbons (Fsp3) is 0.625. The number of rotatable bonds is 5. The largest absolute Gasteiger partial charge is 0.351 e. The average molecular weight is 261 g/mol. The number of pyridine rings is 1. The topological polar surface area (TPSA) is 33.0 Å². The van der Waals surface area contributed by atoms with Crippen molar-refractivity contribution >= 4 is 5.91 Å². The molecule has 0 saturated carbocycles. The molecule has 19 heavy (non-hydrogen) atoms. The summed E-state index contributed by atoms with van der Waals surface area (Å²) < 4.78 is 2.01. The van der Waals surface area contributed by atoms with E-state index >= 15 is 0 Å². The van der Waals surface area contributed by atoms with Gasteiger partial charge in [-0.05, 0) is 43.6 Å². The summed E-state index contributed by atoms with van der Waals surface area (Å²) in [5.74, 6) is 0.748. The van der Waals surface area contributed by atoms with Gasteiger partial charge in [0.05, 0.1) is 0 Å². The highest BCUT2D eigenvalue weighted by molar-refractivity contribution is 5.74. The van der Waals surface area contributed by atoms with Gasteiger partial charge in [-0.3, -0.25) is 4.79 Å². The van der Waals surface area contributed by atoms with Gasteiger partial charge < -0.3 is 5.32 Å². The zero-order chi connectivity index (χ0) is 13.7. The molecular formula is C16H25N2O+. The van der Waals surface area contributed by atoms with E-state index in [0.29, 0.717) is 12.5 Å². The minimum Gasteiger partial charge on any atom is -0.351 e. The number of amides is 1. The first-order chi connectivity index (χ1) is 9.15. The second kappa shape index (κ2) is 6.69. The maximum atomic E-state index is 11.8. The molecule has 0 unspecified atom stereocenters. The van der Waals surface area contributed by atoms with Crippen LogP contribution in [-0.2, 0) is 24.2 Å². The highest BCUT2D eigenvalue weighted by Crippen LogP contribution is 2.18. The Balaban J connectivity index is 1.86. The Morgan fingerprint density at radius 2 is 2.05 bits per heavy atom. The molecule has 0 saturated heterocycles. The Kier molecular flexibility index (Phi) is 4.94. The Labute approximate surface area is 116 Å². The molecule has 1 aliphatic carbocycles. The summed E-state index contributed by atoms with van der Waals surface area (Å²) in [6, 6.07) is 2.18. The van der Waals surface area contributed by atoms with Crippen molar-refractivity contribution < 1.29 is 9.36 Å². The van der Waals surface area contributed by atoms with Crippen molar-refractivity contribution in [3.8, 4) is 0 Å². The van der Waals surface area contributed by atoms with Gasteiger partial charge in [-0.2, -0.15) is 4.57 Å². The molecule has 0 aliphatic heterocycles. The maximum absolute atomic E-state index is 11.8. The Bertz CT molecular complexity index is 440. The highest BCUT2D eigenvalue weighted by Gasteiger charge is 2.15. The fourth-order valence-electron chi connectivity index (χ4n) is 2.54. The van der Waals surface area contributed by atoms with Crippen LogP contribution in [0, 0.1) is 5.92 Å². The summed E-state index contributed by atoms with van der Waals surface area (Å²) >= 11 is 0. The molecule has 1 aromatic heterocycles. The predicted molar refractivity (Wildman–Crippen MR) is 75.7 cm³/mol. The number of hydrogen-bond acceptors (Lipinski definition) is 1.